The zero-order chi connectivity index (χ0) is 23.0. The van der Waals surface area contributed by atoms with Gasteiger partial charge in [-0.1, -0.05) is 23.7 Å². The van der Waals surface area contributed by atoms with Crippen LogP contribution >= 0.6 is 11.6 Å². The molecule has 32 heavy (non-hydrogen) atoms. The molecular weight excluding hydrogens is 445 g/mol. The van der Waals surface area contributed by atoms with Crippen LogP contribution in [0.3, 0.4) is 0 Å². The van der Waals surface area contributed by atoms with E-state index < -0.39 is 34.2 Å². The number of hydrogen-bond acceptors (Lipinski definition) is 6. The normalized spacial score (nSPS) is 15.2. The Labute approximate surface area is 183 Å². The van der Waals surface area contributed by atoms with Gasteiger partial charge in [-0.15, -0.1) is 0 Å². The van der Waals surface area contributed by atoms with E-state index in [-0.39, 0.29) is 27.9 Å². The van der Waals surface area contributed by atoms with Crippen LogP contribution in [-0.4, -0.2) is 22.8 Å². The third-order valence-electron chi connectivity index (χ3n) is 4.54. The summed E-state index contributed by atoms with van der Waals surface area (Å²) in [7, 11) is 0. The number of anilines is 1. The van der Waals surface area contributed by atoms with Crippen LogP contribution in [0.4, 0.5) is 20.6 Å². The number of nitro benzene ring substituents is 1. The Balaban J connectivity index is 1.69. The number of para-hydroxylation sites is 1. The van der Waals surface area contributed by atoms with Gasteiger partial charge in [0.15, 0.2) is 0 Å². The monoisotopic (exact) mass is 455 g/mol. The molecule has 2 aromatic carbocycles. The molecule has 0 saturated carbocycles. The molecule has 0 spiro atoms. The van der Waals surface area contributed by atoms with Crippen molar-refractivity contribution in [2.75, 3.05) is 4.90 Å². The van der Waals surface area contributed by atoms with Gasteiger partial charge in [0.25, 0.3) is 17.5 Å². The fourth-order valence-corrected chi connectivity index (χ4v) is 3.23. The Morgan fingerprint density at radius 2 is 1.84 bits per heavy atom. The lowest BCUT2D eigenvalue weighted by Crippen LogP contribution is -2.54. The van der Waals surface area contributed by atoms with Crippen LogP contribution in [0.25, 0.3) is 17.4 Å². The van der Waals surface area contributed by atoms with Crippen LogP contribution in [0.1, 0.15) is 5.76 Å². The number of rotatable bonds is 4. The molecule has 0 unspecified atom stereocenters. The fourth-order valence-electron chi connectivity index (χ4n) is 3.04. The fraction of sp³-hybridized carbons (Fsp3) is 0. The van der Waals surface area contributed by atoms with Crippen LogP contribution in [-0.2, 0) is 9.59 Å². The minimum atomic E-state index is -1.09. The van der Waals surface area contributed by atoms with E-state index in [1.54, 1.807) is 0 Å². The van der Waals surface area contributed by atoms with Crippen molar-refractivity contribution < 1.29 is 28.1 Å². The number of urea groups is 1. The third-order valence-corrected chi connectivity index (χ3v) is 4.86. The summed E-state index contributed by atoms with van der Waals surface area (Å²) >= 11 is 5.81. The highest BCUT2D eigenvalue weighted by atomic mass is 35.5. The Hall–Kier alpha value is -4.31. The number of imide groups is 2. The Bertz CT molecular complexity index is 1330. The van der Waals surface area contributed by atoms with Crippen LogP contribution < -0.4 is 10.2 Å². The van der Waals surface area contributed by atoms with Crippen molar-refractivity contribution >= 4 is 46.9 Å². The number of hydrogen-bond donors (Lipinski definition) is 1. The van der Waals surface area contributed by atoms with Crippen molar-refractivity contribution in [1.29, 1.82) is 0 Å². The van der Waals surface area contributed by atoms with Crippen molar-refractivity contribution in [3.05, 3.63) is 86.9 Å². The second-order valence-electron chi connectivity index (χ2n) is 6.53. The Morgan fingerprint density at radius 1 is 1.09 bits per heavy atom. The second kappa shape index (κ2) is 8.08. The van der Waals surface area contributed by atoms with Crippen molar-refractivity contribution in [3.8, 4) is 11.3 Å². The van der Waals surface area contributed by atoms with Gasteiger partial charge in [0.05, 0.1) is 10.6 Å². The smallest absolute Gasteiger partial charge is 0.336 e. The number of carbonyl (C=O) groups is 3. The maximum absolute atomic E-state index is 14.1. The summed E-state index contributed by atoms with van der Waals surface area (Å²) in [5.41, 5.74) is -0.757. The van der Waals surface area contributed by atoms with Crippen LogP contribution in [0.2, 0.25) is 5.02 Å². The average molecular weight is 456 g/mol. The summed E-state index contributed by atoms with van der Waals surface area (Å²) in [6, 6.07) is 11.0. The SMILES string of the molecule is O=C1NC(=O)N(c2ccccc2F)C(=O)/C1=C\c1ccc(-c2ccc(Cl)c([N+](=O)[O-])c2)o1. The van der Waals surface area contributed by atoms with Crippen molar-refractivity contribution in [1.82, 2.24) is 5.32 Å². The maximum Gasteiger partial charge on any atom is 0.336 e. The van der Waals surface area contributed by atoms with Gasteiger partial charge < -0.3 is 4.42 Å². The molecule has 1 aromatic heterocycles. The zero-order valence-electron chi connectivity index (χ0n) is 15.9. The van der Waals surface area contributed by atoms with Gasteiger partial charge in [-0.3, -0.25) is 25.0 Å². The predicted molar refractivity (Wildman–Crippen MR) is 111 cm³/mol. The highest BCUT2D eigenvalue weighted by molar-refractivity contribution is 6.39. The number of carbonyl (C=O) groups excluding carboxylic acids is 3. The quantitative estimate of drug-likeness (QED) is 0.270. The molecule has 1 aliphatic heterocycles. The number of nitrogens with one attached hydrogen (secondary N) is 1. The van der Waals surface area contributed by atoms with E-state index in [9.17, 15) is 28.9 Å². The lowest BCUT2D eigenvalue weighted by Gasteiger charge is -2.26. The first-order valence-electron chi connectivity index (χ1n) is 8.96. The summed E-state index contributed by atoms with van der Waals surface area (Å²) in [5, 5.41) is 13.0. The number of furan rings is 1. The van der Waals surface area contributed by atoms with Crippen molar-refractivity contribution in [3.63, 3.8) is 0 Å². The standard InChI is InChI=1S/C21H11ClFN3O6/c22-14-7-5-11(9-17(14)26(30)31)18-8-6-12(32-18)10-13-19(27)24-21(29)25(20(13)28)16-4-2-1-3-15(16)23/h1-10H,(H,24,27,29)/b13-10-. The first-order chi connectivity index (χ1) is 15.3. The molecule has 9 nitrogen and oxygen atoms in total. The summed E-state index contributed by atoms with van der Waals surface area (Å²) in [6.45, 7) is 0. The summed E-state index contributed by atoms with van der Waals surface area (Å²) in [4.78, 5) is 48.2. The van der Waals surface area contributed by atoms with E-state index in [0.29, 0.717) is 10.5 Å². The average Bonchev–Trinajstić information content (AvgIpc) is 3.21. The largest absolute Gasteiger partial charge is 0.457 e. The lowest BCUT2D eigenvalue weighted by atomic mass is 10.1. The molecule has 0 bridgehead atoms. The third kappa shape index (κ3) is 3.74. The molecule has 2 heterocycles. The summed E-state index contributed by atoms with van der Waals surface area (Å²) in [5.74, 6) is -2.58. The molecule has 1 N–H and O–H groups in total. The zero-order valence-corrected chi connectivity index (χ0v) is 16.6. The molecule has 1 aliphatic rings. The van der Waals surface area contributed by atoms with Crippen LogP contribution in [0, 0.1) is 15.9 Å². The van der Waals surface area contributed by atoms with Gasteiger partial charge in [0.1, 0.15) is 27.9 Å². The molecule has 3 aromatic rings. The molecule has 4 rings (SSSR count). The molecule has 11 heteroatoms. The minimum absolute atomic E-state index is 0.0463. The highest BCUT2D eigenvalue weighted by Crippen LogP contribution is 2.32. The molecule has 1 saturated heterocycles. The van der Waals surface area contributed by atoms with Gasteiger partial charge in [-0.2, -0.15) is 0 Å². The van der Waals surface area contributed by atoms with E-state index in [4.69, 9.17) is 16.0 Å². The number of nitro groups is 1. The van der Waals surface area contributed by atoms with Gasteiger partial charge in [-0.05, 0) is 42.5 Å². The highest BCUT2D eigenvalue weighted by Gasteiger charge is 2.38. The Morgan fingerprint density at radius 3 is 2.56 bits per heavy atom. The van der Waals surface area contributed by atoms with Gasteiger partial charge in [0, 0.05) is 11.6 Å². The van der Waals surface area contributed by atoms with E-state index in [1.165, 1.54) is 48.5 Å². The minimum Gasteiger partial charge on any atom is -0.457 e. The molecular formula is C21H11ClFN3O6. The molecule has 1 fully saturated rings. The van der Waals surface area contributed by atoms with Crippen molar-refractivity contribution in [2.45, 2.75) is 0 Å². The molecule has 4 amide bonds. The van der Waals surface area contributed by atoms with Gasteiger partial charge in [0.2, 0.25) is 0 Å². The summed E-state index contributed by atoms with van der Waals surface area (Å²) in [6.07, 6.45) is 1.09. The predicted octanol–water partition coefficient (Wildman–Crippen LogP) is 4.31. The first-order valence-corrected chi connectivity index (χ1v) is 9.34. The molecule has 0 aliphatic carbocycles. The van der Waals surface area contributed by atoms with E-state index in [0.717, 1.165) is 12.1 Å². The molecule has 160 valence electrons. The number of barbiturate groups is 1. The maximum atomic E-state index is 14.1. The first kappa shape index (κ1) is 20.9. The van der Waals surface area contributed by atoms with Gasteiger partial charge in [-0.25, -0.2) is 14.1 Å². The van der Waals surface area contributed by atoms with E-state index in [2.05, 4.69) is 0 Å². The number of amides is 4. The second-order valence-corrected chi connectivity index (χ2v) is 6.94. The van der Waals surface area contributed by atoms with E-state index >= 15 is 0 Å². The van der Waals surface area contributed by atoms with Crippen LogP contribution in [0.5, 0.6) is 0 Å². The van der Waals surface area contributed by atoms with Crippen molar-refractivity contribution in [2.24, 2.45) is 0 Å². The number of benzene rings is 2. The number of nitrogens with zero attached hydrogens (tertiary/aromatic N) is 2. The van der Waals surface area contributed by atoms with E-state index in [1.807, 2.05) is 5.32 Å². The molecule has 0 atom stereocenters. The number of halogens is 2. The topological polar surface area (TPSA) is 123 Å². The Kier molecular flexibility index (Phi) is 5.29. The summed E-state index contributed by atoms with van der Waals surface area (Å²) < 4.78 is 19.7. The lowest BCUT2D eigenvalue weighted by molar-refractivity contribution is -0.384. The molecule has 0 radical (unpaired) electrons. The van der Waals surface area contributed by atoms with Crippen LogP contribution in [0.15, 0.2) is 64.6 Å². The van der Waals surface area contributed by atoms with Gasteiger partial charge >= 0.3 is 6.03 Å².